The highest BCUT2D eigenvalue weighted by Crippen LogP contribution is 2.19. The van der Waals surface area contributed by atoms with Crippen LogP contribution in [0.25, 0.3) is 0 Å². The van der Waals surface area contributed by atoms with Gasteiger partial charge in [0.15, 0.2) is 0 Å². The average molecular weight is 364 g/mol. The molecule has 0 aliphatic heterocycles. The Morgan fingerprint density at radius 3 is 2.88 bits per heavy atom. The van der Waals surface area contributed by atoms with E-state index in [4.69, 9.17) is 22.1 Å². The quantitative estimate of drug-likeness (QED) is 0.423. The lowest BCUT2D eigenvalue weighted by Crippen LogP contribution is -2.23. The van der Waals surface area contributed by atoms with Crippen LogP contribution in [-0.4, -0.2) is 28.5 Å². The van der Waals surface area contributed by atoms with Crippen molar-refractivity contribution in [3.63, 3.8) is 0 Å². The molecule has 0 bridgehead atoms. The second kappa shape index (κ2) is 8.29. The van der Waals surface area contributed by atoms with E-state index in [-0.39, 0.29) is 30.6 Å². The minimum absolute atomic E-state index is 0.0105. The van der Waals surface area contributed by atoms with Crippen LogP contribution in [-0.2, 0) is 16.0 Å². The third-order valence-corrected chi connectivity index (χ3v) is 3.49. The van der Waals surface area contributed by atoms with Crippen molar-refractivity contribution in [2.45, 2.75) is 20.3 Å². The fourth-order valence-electron chi connectivity index (χ4n) is 1.96. The lowest BCUT2D eigenvalue weighted by Gasteiger charge is -2.07. The number of carbonyl (C=O) groups is 1. The number of aliphatic imine (C=N–C) groups is 1. The third kappa shape index (κ3) is 5.61. The summed E-state index contributed by atoms with van der Waals surface area (Å²) < 4.78 is 4.83. The smallest absolute Gasteiger partial charge is 0.311 e. The lowest BCUT2D eigenvalue weighted by atomic mass is 10.2. The average Bonchev–Trinajstić information content (AvgIpc) is 2.50. The molecule has 1 heterocycles. The largest absolute Gasteiger partial charge is 0.466 e. The summed E-state index contributed by atoms with van der Waals surface area (Å²) in [5, 5.41) is 3.43. The normalized spacial score (nSPS) is 11.2. The number of anilines is 1. The molecule has 8 nitrogen and oxygen atoms in total. The molecule has 0 atom stereocenters. The lowest BCUT2D eigenvalue weighted by molar-refractivity contribution is -0.142. The van der Waals surface area contributed by atoms with Crippen molar-refractivity contribution in [1.82, 2.24) is 9.97 Å². The molecule has 0 spiro atoms. The highest BCUT2D eigenvalue weighted by Gasteiger charge is 2.08. The number of esters is 1. The molecular weight excluding hydrogens is 346 g/mol. The second-order valence-corrected chi connectivity index (χ2v) is 5.54. The maximum absolute atomic E-state index is 11.7. The Labute approximate surface area is 149 Å². The van der Waals surface area contributed by atoms with Crippen molar-refractivity contribution in [3.05, 3.63) is 50.9 Å². The van der Waals surface area contributed by atoms with Crippen LogP contribution >= 0.6 is 11.6 Å². The molecule has 132 valence electrons. The molecule has 0 aliphatic carbocycles. The summed E-state index contributed by atoms with van der Waals surface area (Å²) in [5.41, 5.74) is 7.19. The number of H-pyrrole nitrogens is 1. The molecule has 4 N–H and O–H groups in total. The highest BCUT2D eigenvalue weighted by atomic mass is 35.5. The SMILES string of the molecule is CCOC(=O)Cc1cc(=O)[nH]c(N=C(N)Nc2ccc(C)c(Cl)c2)n1. The van der Waals surface area contributed by atoms with E-state index in [1.165, 1.54) is 6.07 Å². The van der Waals surface area contributed by atoms with E-state index in [9.17, 15) is 9.59 Å². The zero-order valence-electron chi connectivity index (χ0n) is 13.8. The molecule has 0 unspecified atom stereocenters. The van der Waals surface area contributed by atoms with Crippen LogP contribution in [0, 0.1) is 6.92 Å². The van der Waals surface area contributed by atoms with Gasteiger partial charge < -0.3 is 15.8 Å². The van der Waals surface area contributed by atoms with Gasteiger partial charge in [0, 0.05) is 16.8 Å². The molecule has 25 heavy (non-hydrogen) atoms. The number of rotatable bonds is 5. The number of nitrogens with two attached hydrogens (primary N) is 1. The molecule has 1 aromatic heterocycles. The van der Waals surface area contributed by atoms with Crippen LogP contribution < -0.4 is 16.6 Å². The molecule has 0 saturated carbocycles. The molecule has 0 aliphatic rings. The van der Waals surface area contributed by atoms with Gasteiger partial charge in [0.05, 0.1) is 18.7 Å². The standard InChI is InChI=1S/C16H18ClN5O3/c1-3-25-14(24)8-11-7-13(23)21-16(20-11)22-15(18)19-10-5-4-9(2)12(17)6-10/h4-7H,3,8H2,1-2H3,(H4,18,19,20,21,22,23). The summed E-state index contributed by atoms with van der Waals surface area (Å²) in [6.45, 7) is 3.83. The van der Waals surface area contributed by atoms with E-state index in [0.717, 1.165) is 5.56 Å². The summed E-state index contributed by atoms with van der Waals surface area (Å²) in [6, 6.07) is 6.53. The van der Waals surface area contributed by atoms with Gasteiger partial charge in [-0.3, -0.25) is 14.6 Å². The van der Waals surface area contributed by atoms with Gasteiger partial charge >= 0.3 is 5.97 Å². The van der Waals surface area contributed by atoms with Gasteiger partial charge in [0.2, 0.25) is 11.9 Å². The maximum Gasteiger partial charge on any atom is 0.311 e. The fraction of sp³-hybridized carbons (Fsp3) is 0.250. The van der Waals surface area contributed by atoms with Crippen molar-refractivity contribution in [2.75, 3.05) is 11.9 Å². The van der Waals surface area contributed by atoms with Crippen LogP contribution in [0.3, 0.4) is 0 Å². The first-order chi connectivity index (χ1) is 11.9. The molecule has 0 radical (unpaired) electrons. The molecule has 2 aromatic rings. The predicted molar refractivity (Wildman–Crippen MR) is 96.3 cm³/mol. The Hall–Kier alpha value is -2.87. The molecule has 0 saturated heterocycles. The van der Waals surface area contributed by atoms with Crippen molar-refractivity contribution in [2.24, 2.45) is 10.7 Å². The van der Waals surface area contributed by atoms with E-state index in [1.807, 2.05) is 13.0 Å². The van der Waals surface area contributed by atoms with Gasteiger partial charge in [-0.05, 0) is 31.5 Å². The van der Waals surface area contributed by atoms with E-state index >= 15 is 0 Å². The molecule has 2 rings (SSSR count). The zero-order valence-corrected chi connectivity index (χ0v) is 14.6. The molecule has 0 fully saturated rings. The number of carbonyl (C=O) groups excluding carboxylic acids is 1. The minimum Gasteiger partial charge on any atom is -0.466 e. The van der Waals surface area contributed by atoms with Crippen LogP contribution in [0.4, 0.5) is 11.6 Å². The maximum atomic E-state index is 11.7. The number of hydrogen-bond donors (Lipinski definition) is 3. The summed E-state index contributed by atoms with van der Waals surface area (Å²) in [4.78, 5) is 33.7. The Kier molecular flexibility index (Phi) is 6.13. The van der Waals surface area contributed by atoms with E-state index in [0.29, 0.717) is 10.7 Å². The van der Waals surface area contributed by atoms with Gasteiger partial charge in [-0.25, -0.2) is 4.98 Å². The first kappa shape index (κ1) is 18.5. The molecular formula is C16H18ClN5O3. The van der Waals surface area contributed by atoms with E-state index in [2.05, 4.69) is 20.3 Å². The number of aryl methyl sites for hydroxylation is 1. The number of ether oxygens (including phenoxy) is 1. The van der Waals surface area contributed by atoms with Crippen molar-refractivity contribution >= 4 is 35.2 Å². The number of aromatic nitrogens is 2. The number of halogens is 1. The van der Waals surface area contributed by atoms with Gasteiger partial charge in [-0.15, -0.1) is 0 Å². The predicted octanol–water partition coefficient (Wildman–Crippen LogP) is 1.90. The summed E-state index contributed by atoms with van der Waals surface area (Å²) in [5.74, 6) is -0.484. The van der Waals surface area contributed by atoms with Gasteiger partial charge in [-0.1, -0.05) is 17.7 Å². The number of nitrogens with one attached hydrogen (secondary N) is 2. The van der Waals surface area contributed by atoms with Crippen molar-refractivity contribution in [3.8, 4) is 0 Å². The van der Waals surface area contributed by atoms with E-state index < -0.39 is 11.5 Å². The number of nitrogens with zero attached hydrogens (tertiary/aromatic N) is 2. The molecule has 1 aromatic carbocycles. The van der Waals surface area contributed by atoms with Gasteiger partial charge in [0.1, 0.15) is 0 Å². The topological polar surface area (TPSA) is 122 Å². The third-order valence-electron chi connectivity index (χ3n) is 3.08. The van der Waals surface area contributed by atoms with Crippen LogP contribution in [0.5, 0.6) is 0 Å². The number of hydrogen-bond acceptors (Lipinski definition) is 5. The second-order valence-electron chi connectivity index (χ2n) is 5.13. The molecule has 9 heteroatoms. The van der Waals surface area contributed by atoms with Crippen LogP contribution in [0.2, 0.25) is 5.02 Å². The van der Waals surface area contributed by atoms with Crippen LogP contribution in [0.15, 0.2) is 34.1 Å². The Morgan fingerprint density at radius 1 is 1.44 bits per heavy atom. The van der Waals surface area contributed by atoms with Crippen molar-refractivity contribution in [1.29, 1.82) is 0 Å². The summed E-state index contributed by atoms with van der Waals surface area (Å²) >= 11 is 6.05. The Morgan fingerprint density at radius 2 is 2.20 bits per heavy atom. The minimum atomic E-state index is -0.476. The Bertz CT molecular complexity index is 863. The number of guanidine groups is 1. The van der Waals surface area contributed by atoms with E-state index in [1.54, 1.807) is 19.1 Å². The van der Waals surface area contributed by atoms with Crippen molar-refractivity contribution < 1.29 is 9.53 Å². The summed E-state index contributed by atoms with van der Waals surface area (Å²) in [6.07, 6.45) is -0.124. The first-order valence-electron chi connectivity index (χ1n) is 7.50. The molecule has 0 amide bonds. The fourth-order valence-corrected chi connectivity index (χ4v) is 2.14. The Balaban J connectivity index is 2.18. The number of benzene rings is 1. The summed E-state index contributed by atoms with van der Waals surface area (Å²) in [7, 11) is 0. The number of aromatic amines is 1. The first-order valence-corrected chi connectivity index (χ1v) is 7.88. The van der Waals surface area contributed by atoms with Crippen LogP contribution in [0.1, 0.15) is 18.2 Å². The van der Waals surface area contributed by atoms with Gasteiger partial charge in [0.25, 0.3) is 5.56 Å². The highest BCUT2D eigenvalue weighted by molar-refractivity contribution is 6.31. The zero-order chi connectivity index (χ0) is 18.4. The monoisotopic (exact) mass is 363 g/mol. The van der Waals surface area contributed by atoms with Gasteiger partial charge in [-0.2, -0.15) is 4.99 Å².